The van der Waals surface area contributed by atoms with Crippen LogP contribution in [0.3, 0.4) is 0 Å². The number of hydrogen-bond donors (Lipinski definition) is 1. The van der Waals surface area contributed by atoms with Gasteiger partial charge in [0.25, 0.3) is 0 Å². The SMILES string of the molecule is CC(C)CCNc1ncc(I)cn1. The Balaban J connectivity index is 2.33. The van der Waals surface area contributed by atoms with Crippen molar-refractivity contribution >= 4 is 28.5 Å². The van der Waals surface area contributed by atoms with E-state index in [1.807, 2.05) is 12.4 Å². The topological polar surface area (TPSA) is 37.8 Å². The molecule has 0 radical (unpaired) electrons. The lowest BCUT2D eigenvalue weighted by Gasteiger charge is -2.05. The van der Waals surface area contributed by atoms with E-state index in [0.717, 1.165) is 28.4 Å². The van der Waals surface area contributed by atoms with Crippen molar-refractivity contribution in [2.75, 3.05) is 11.9 Å². The molecule has 3 nitrogen and oxygen atoms in total. The van der Waals surface area contributed by atoms with Crippen LogP contribution in [0.1, 0.15) is 20.3 Å². The number of hydrogen-bond acceptors (Lipinski definition) is 3. The number of halogens is 1. The van der Waals surface area contributed by atoms with Crippen LogP contribution in [0.25, 0.3) is 0 Å². The summed E-state index contributed by atoms with van der Waals surface area (Å²) in [4.78, 5) is 8.29. The molecule has 13 heavy (non-hydrogen) atoms. The molecule has 0 aliphatic carbocycles. The molecule has 0 amide bonds. The monoisotopic (exact) mass is 291 g/mol. The number of anilines is 1. The van der Waals surface area contributed by atoms with E-state index in [2.05, 4.69) is 51.7 Å². The summed E-state index contributed by atoms with van der Waals surface area (Å²) in [6, 6.07) is 0. The van der Waals surface area contributed by atoms with E-state index in [-0.39, 0.29) is 0 Å². The zero-order valence-corrected chi connectivity index (χ0v) is 10.1. The highest BCUT2D eigenvalue weighted by Gasteiger charge is 1.96. The van der Waals surface area contributed by atoms with Crippen molar-refractivity contribution < 1.29 is 0 Å². The molecule has 1 aromatic heterocycles. The van der Waals surface area contributed by atoms with Gasteiger partial charge in [0.1, 0.15) is 0 Å². The third kappa shape index (κ3) is 4.40. The highest BCUT2D eigenvalue weighted by Crippen LogP contribution is 2.04. The van der Waals surface area contributed by atoms with Gasteiger partial charge in [0.2, 0.25) is 5.95 Å². The van der Waals surface area contributed by atoms with Gasteiger partial charge in [-0.2, -0.15) is 0 Å². The summed E-state index contributed by atoms with van der Waals surface area (Å²) in [5.41, 5.74) is 0. The molecule has 1 rings (SSSR count). The van der Waals surface area contributed by atoms with Crippen molar-refractivity contribution in [2.24, 2.45) is 5.92 Å². The van der Waals surface area contributed by atoms with Gasteiger partial charge < -0.3 is 5.32 Å². The van der Waals surface area contributed by atoms with Crippen LogP contribution in [-0.4, -0.2) is 16.5 Å². The van der Waals surface area contributed by atoms with Gasteiger partial charge in [0.05, 0.1) is 0 Å². The van der Waals surface area contributed by atoms with Crippen LogP contribution >= 0.6 is 22.6 Å². The molecule has 72 valence electrons. The van der Waals surface area contributed by atoms with E-state index in [1.54, 1.807) is 0 Å². The first-order valence-corrected chi connectivity index (χ1v) is 5.48. The molecule has 0 spiro atoms. The average Bonchev–Trinajstić information content (AvgIpc) is 2.08. The van der Waals surface area contributed by atoms with Crippen molar-refractivity contribution in [1.82, 2.24) is 9.97 Å². The maximum absolute atomic E-state index is 4.15. The fraction of sp³-hybridized carbons (Fsp3) is 0.556. The summed E-state index contributed by atoms with van der Waals surface area (Å²) in [6.07, 6.45) is 4.77. The zero-order chi connectivity index (χ0) is 9.68. The fourth-order valence-corrected chi connectivity index (χ4v) is 1.15. The highest BCUT2D eigenvalue weighted by atomic mass is 127. The van der Waals surface area contributed by atoms with Crippen LogP contribution in [0.2, 0.25) is 0 Å². The largest absolute Gasteiger partial charge is 0.354 e. The fourth-order valence-electron chi connectivity index (χ4n) is 0.876. The number of aromatic nitrogens is 2. The Kier molecular flexibility index (Phi) is 4.41. The Labute approximate surface area is 92.5 Å². The Morgan fingerprint density at radius 2 is 2.00 bits per heavy atom. The van der Waals surface area contributed by atoms with E-state index < -0.39 is 0 Å². The van der Waals surface area contributed by atoms with Gasteiger partial charge in [-0.15, -0.1) is 0 Å². The van der Waals surface area contributed by atoms with Crippen LogP contribution in [0.15, 0.2) is 12.4 Å². The highest BCUT2D eigenvalue weighted by molar-refractivity contribution is 14.1. The molecule has 0 aromatic carbocycles. The minimum Gasteiger partial charge on any atom is -0.354 e. The van der Waals surface area contributed by atoms with Crippen LogP contribution < -0.4 is 5.32 Å². The van der Waals surface area contributed by atoms with E-state index >= 15 is 0 Å². The third-order valence-electron chi connectivity index (χ3n) is 1.63. The van der Waals surface area contributed by atoms with E-state index in [1.165, 1.54) is 0 Å². The second-order valence-electron chi connectivity index (χ2n) is 3.33. The van der Waals surface area contributed by atoms with E-state index in [9.17, 15) is 0 Å². The molecular weight excluding hydrogens is 277 g/mol. The quantitative estimate of drug-likeness (QED) is 0.866. The smallest absolute Gasteiger partial charge is 0.222 e. The Bertz CT molecular complexity index is 246. The van der Waals surface area contributed by atoms with Crippen molar-refractivity contribution in [3.8, 4) is 0 Å². The van der Waals surface area contributed by atoms with Gasteiger partial charge in [-0.1, -0.05) is 13.8 Å². The van der Waals surface area contributed by atoms with Crippen LogP contribution in [-0.2, 0) is 0 Å². The van der Waals surface area contributed by atoms with E-state index in [4.69, 9.17) is 0 Å². The molecule has 1 heterocycles. The first-order chi connectivity index (χ1) is 6.18. The molecule has 0 saturated heterocycles. The summed E-state index contributed by atoms with van der Waals surface area (Å²) in [6.45, 7) is 5.35. The summed E-state index contributed by atoms with van der Waals surface area (Å²) in [5, 5.41) is 3.18. The first kappa shape index (κ1) is 10.7. The molecule has 4 heteroatoms. The second-order valence-corrected chi connectivity index (χ2v) is 4.58. The maximum Gasteiger partial charge on any atom is 0.222 e. The first-order valence-electron chi connectivity index (χ1n) is 4.40. The number of nitrogens with one attached hydrogen (secondary N) is 1. The van der Waals surface area contributed by atoms with Crippen molar-refractivity contribution in [3.63, 3.8) is 0 Å². The molecule has 0 unspecified atom stereocenters. The van der Waals surface area contributed by atoms with Crippen molar-refractivity contribution in [3.05, 3.63) is 16.0 Å². The van der Waals surface area contributed by atoms with Gasteiger partial charge in [-0.25, -0.2) is 9.97 Å². The lowest BCUT2D eigenvalue weighted by atomic mass is 10.1. The van der Waals surface area contributed by atoms with Crippen LogP contribution in [0.5, 0.6) is 0 Å². The molecule has 1 aromatic rings. The van der Waals surface area contributed by atoms with Gasteiger partial charge in [-0.3, -0.25) is 0 Å². The predicted octanol–water partition coefficient (Wildman–Crippen LogP) is 2.54. The molecule has 0 atom stereocenters. The van der Waals surface area contributed by atoms with Gasteiger partial charge in [0, 0.05) is 22.5 Å². The Morgan fingerprint density at radius 3 is 2.54 bits per heavy atom. The maximum atomic E-state index is 4.15. The number of nitrogens with zero attached hydrogens (tertiary/aromatic N) is 2. The lowest BCUT2D eigenvalue weighted by molar-refractivity contribution is 0.606. The Morgan fingerprint density at radius 1 is 1.38 bits per heavy atom. The summed E-state index contributed by atoms with van der Waals surface area (Å²) in [5.74, 6) is 1.44. The van der Waals surface area contributed by atoms with Gasteiger partial charge >= 0.3 is 0 Å². The third-order valence-corrected chi connectivity index (χ3v) is 2.18. The molecule has 0 aliphatic rings. The summed E-state index contributed by atoms with van der Waals surface area (Å²) in [7, 11) is 0. The summed E-state index contributed by atoms with van der Waals surface area (Å²) < 4.78 is 1.06. The van der Waals surface area contributed by atoms with Crippen molar-refractivity contribution in [2.45, 2.75) is 20.3 Å². The minimum absolute atomic E-state index is 0.719. The normalized spacial score (nSPS) is 10.5. The van der Waals surface area contributed by atoms with Crippen LogP contribution in [0, 0.1) is 9.49 Å². The molecule has 0 aliphatic heterocycles. The molecule has 1 N–H and O–H groups in total. The Hall–Kier alpha value is -0.390. The lowest BCUT2D eigenvalue weighted by Crippen LogP contribution is -2.07. The van der Waals surface area contributed by atoms with Crippen molar-refractivity contribution in [1.29, 1.82) is 0 Å². The molecule has 0 fully saturated rings. The molecular formula is C9H14IN3. The number of rotatable bonds is 4. The standard InChI is InChI=1S/C9H14IN3/c1-7(2)3-4-11-9-12-5-8(10)6-13-9/h5-7H,3-4H2,1-2H3,(H,11,12,13). The van der Waals surface area contributed by atoms with E-state index in [0.29, 0.717) is 0 Å². The average molecular weight is 291 g/mol. The minimum atomic E-state index is 0.719. The zero-order valence-electron chi connectivity index (χ0n) is 7.92. The van der Waals surface area contributed by atoms with Gasteiger partial charge in [-0.05, 0) is 34.9 Å². The predicted molar refractivity (Wildman–Crippen MR) is 62.7 cm³/mol. The van der Waals surface area contributed by atoms with Gasteiger partial charge in [0.15, 0.2) is 0 Å². The molecule has 0 saturated carbocycles. The molecule has 0 bridgehead atoms. The summed E-state index contributed by atoms with van der Waals surface area (Å²) >= 11 is 2.19. The van der Waals surface area contributed by atoms with Crippen LogP contribution in [0.4, 0.5) is 5.95 Å². The second kappa shape index (κ2) is 5.36.